The zero-order valence-electron chi connectivity index (χ0n) is 11.5. The summed E-state index contributed by atoms with van der Waals surface area (Å²) in [5.41, 5.74) is 0.719. The second kappa shape index (κ2) is 6.02. The molecule has 0 aliphatic carbocycles. The van der Waals surface area contributed by atoms with Gasteiger partial charge in [0.15, 0.2) is 0 Å². The number of piperidine rings is 1. The molecular formula is C14H21N3O2. The molecule has 0 saturated carbocycles. The third-order valence-corrected chi connectivity index (χ3v) is 3.74. The number of amides is 1. The van der Waals surface area contributed by atoms with Gasteiger partial charge < -0.3 is 15.4 Å². The van der Waals surface area contributed by atoms with E-state index in [2.05, 4.69) is 22.5 Å². The van der Waals surface area contributed by atoms with Crippen molar-refractivity contribution in [1.82, 2.24) is 15.6 Å². The van der Waals surface area contributed by atoms with E-state index in [-0.39, 0.29) is 11.3 Å². The minimum atomic E-state index is -0.0981. The third kappa shape index (κ3) is 3.44. The van der Waals surface area contributed by atoms with Crippen LogP contribution >= 0.6 is 0 Å². The molecule has 0 bridgehead atoms. The monoisotopic (exact) mass is 263 g/mol. The highest BCUT2D eigenvalue weighted by Gasteiger charge is 2.27. The first kappa shape index (κ1) is 13.8. The van der Waals surface area contributed by atoms with Gasteiger partial charge >= 0.3 is 0 Å². The number of nitrogens with one attached hydrogen (secondary N) is 2. The van der Waals surface area contributed by atoms with Gasteiger partial charge in [0, 0.05) is 12.7 Å². The number of pyridine rings is 1. The molecule has 0 atom stereocenters. The first-order chi connectivity index (χ1) is 9.14. The average Bonchev–Trinajstić information content (AvgIpc) is 2.45. The van der Waals surface area contributed by atoms with Gasteiger partial charge in [0.2, 0.25) is 0 Å². The summed E-state index contributed by atoms with van der Waals surface area (Å²) in [4.78, 5) is 16.1. The van der Waals surface area contributed by atoms with Gasteiger partial charge in [-0.25, -0.2) is 0 Å². The highest BCUT2D eigenvalue weighted by Crippen LogP contribution is 2.27. The van der Waals surface area contributed by atoms with Crippen LogP contribution in [-0.2, 0) is 0 Å². The third-order valence-electron chi connectivity index (χ3n) is 3.74. The summed E-state index contributed by atoms with van der Waals surface area (Å²) in [7, 11) is 1.54. The van der Waals surface area contributed by atoms with Crippen LogP contribution in [-0.4, -0.2) is 37.6 Å². The molecule has 5 nitrogen and oxygen atoms in total. The van der Waals surface area contributed by atoms with Gasteiger partial charge in [-0.05, 0) is 37.4 Å². The molecule has 2 N–H and O–H groups in total. The van der Waals surface area contributed by atoms with Crippen LogP contribution < -0.4 is 15.4 Å². The maximum Gasteiger partial charge on any atom is 0.255 e. The molecule has 1 amide bonds. The smallest absolute Gasteiger partial charge is 0.255 e. The largest absolute Gasteiger partial charge is 0.494 e. The fraction of sp³-hybridized carbons (Fsp3) is 0.571. The van der Waals surface area contributed by atoms with Crippen molar-refractivity contribution in [2.24, 2.45) is 5.41 Å². The predicted octanol–water partition coefficient (Wildman–Crippen LogP) is 1.21. The average molecular weight is 263 g/mol. The van der Waals surface area contributed by atoms with Crippen LogP contribution in [0, 0.1) is 5.41 Å². The Labute approximate surface area is 113 Å². The molecule has 2 rings (SSSR count). The lowest BCUT2D eigenvalue weighted by Crippen LogP contribution is -2.42. The molecule has 0 aromatic carbocycles. The number of rotatable bonds is 4. The van der Waals surface area contributed by atoms with E-state index >= 15 is 0 Å². The number of hydrogen-bond donors (Lipinski definition) is 2. The molecule has 1 aliphatic heterocycles. The van der Waals surface area contributed by atoms with E-state index in [0.29, 0.717) is 17.9 Å². The van der Waals surface area contributed by atoms with Crippen LogP contribution in [0.25, 0.3) is 0 Å². The predicted molar refractivity (Wildman–Crippen MR) is 73.3 cm³/mol. The molecule has 5 heteroatoms. The normalized spacial score (nSPS) is 17.8. The molecule has 19 heavy (non-hydrogen) atoms. The van der Waals surface area contributed by atoms with Crippen molar-refractivity contribution in [3.05, 3.63) is 24.0 Å². The summed E-state index contributed by atoms with van der Waals surface area (Å²) in [6.07, 6.45) is 5.33. The molecule has 0 unspecified atom stereocenters. The zero-order valence-corrected chi connectivity index (χ0v) is 11.5. The summed E-state index contributed by atoms with van der Waals surface area (Å²) in [6.45, 7) is 4.95. The van der Waals surface area contributed by atoms with Crippen molar-refractivity contribution in [2.45, 2.75) is 19.8 Å². The van der Waals surface area contributed by atoms with Crippen LogP contribution in [0.2, 0.25) is 0 Å². The minimum absolute atomic E-state index is 0.0981. The standard InChI is InChI=1S/C14H21N3O2/c1-14(4-7-15-8-5-14)10-17-13(18)11-3-6-16-9-12(11)19-2/h3,6,9,15H,4-5,7-8,10H2,1-2H3,(H,17,18). The van der Waals surface area contributed by atoms with Gasteiger partial charge in [0.1, 0.15) is 5.75 Å². The maximum absolute atomic E-state index is 12.2. The number of aromatic nitrogens is 1. The molecule has 2 heterocycles. The van der Waals surface area contributed by atoms with E-state index in [0.717, 1.165) is 25.9 Å². The van der Waals surface area contributed by atoms with E-state index in [4.69, 9.17) is 4.74 Å². The Kier molecular flexibility index (Phi) is 4.37. The van der Waals surface area contributed by atoms with Crippen LogP contribution in [0.3, 0.4) is 0 Å². The fourth-order valence-electron chi connectivity index (χ4n) is 2.33. The van der Waals surface area contributed by atoms with Gasteiger partial charge in [0.05, 0.1) is 18.9 Å². The van der Waals surface area contributed by atoms with Gasteiger partial charge in [-0.1, -0.05) is 6.92 Å². The minimum Gasteiger partial charge on any atom is -0.494 e. The fourth-order valence-corrected chi connectivity index (χ4v) is 2.33. The second-order valence-electron chi connectivity index (χ2n) is 5.32. The highest BCUT2D eigenvalue weighted by atomic mass is 16.5. The van der Waals surface area contributed by atoms with Crippen LogP contribution in [0.5, 0.6) is 5.75 Å². The second-order valence-corrected chi connectivity index (χ2v) is 5.32. The zero-order chi connectivity index (χ0) is 13.7. The van der Waals surface area contributed by atoms with Crippen LogP contribution in [0.4, 0.5) is 0 Å². The van der Waals surface area contributed by atoms with Crippen molar-refractivity contribution in [1.29, 1.82) is 0 Å². The number of ether oxygens (including phenoxy) is 1. The molecule has 1 aromatic rings. The molecule has 1 saturated heterocycles. The Balaban J connectivity index is 1.97. The molecule has 0 spiro atoms. The number of nitrogens with zero attached hydrogens (tertiary/aromatic N) is 1. The van der Waals surface area contributed by atoms with Crippen molar-refractivity contribution >= 4 is 5.91 Å². The van der Waals surface area contributed by atoms with E-state index in [1.54, 1.807) is 25.6 Å². The summed E-state index contributed by atoms with van der Waals surface area (Å²) < 4.78 is 5.15. The van der Waals surface area contributed by atoms with E-state index in [1.807, 2.05) is 0 Å². The lowest BCUT2D eigenvalue weighted by molar-refractivity contribution is 0.0919. The molecule has 0 radical (unpaired) electrons. The Morgan fingerprint density at radius 3 is 2.95 bits per heavy atom. The van der Waals surface area contributed by atoms with Gasteiger partial charge in [-0.3, -0.25) is 9.78 Å². The Bertz CT molecular complexity index is 442. The van der Waals surface area contributed by atoms with Crippen molar-refractivity contribution < 1.29 is 9.53 Å². The molecule has 104 valence electrons. The SMILES string of the molecule is COc1cnccc1C(=O)NCC1(C)CCNCC1. The molecule has 1 fully saturated rings. The van der Waals surface area contributed by atoms with Crippen molar-refractivity contribution in [3.63, 3.8) is 0 Å². The lowest BCUT2D eigenvalue weighted by atomic mass is 9.81. The topological polar surface area (TPSA) is 63.2 Å². The molecule has 1 aliphatic rings. The van der Waals surface area contributed by atoms with Crippen LogP contribution in [0.1, 0.15) is 30.1 Å². The van der Waals surface area contributed by atoms with Crippen molar-refractivity contribution in [3.8, 4) is 5.75 Å². The van der Waals surface area contributed by atoms with Gasteiger partial charge in [-0.15, -0.1) is 0 Å². The first-order valence-electron chi connectivity index (χ1n) is 6.61. The highest BCUT2D eigenvalue weighted by molar-refractivity contribution is 5.96. The number of carbonyl (C=O) groups is 1. The summed E-state index contributed by atoms with van der Waals surface area (Å²) >= 11 is 0. The summed E-state index contributed by atoms with van der Waals surface area (Å²) in [5, 5.41) is 6.35. The van der Waals surface area contributed by atoms with Gasteiger partial charge in [0.25, 0.3) is 5.91 Å². The quantitative estimate of drug-likeness (QED) is 0.857. The van der Waals surface area contributed by atoms with E-state index in [9.17, 15) is 4.79 Å². The van der Waals surface area contributed by atoms with Crippen LogP contribution in [0.15, 0.2) is 18.5 Å². The Morgan fingerprint density at radius 1 is 1.53 bits per heavy atom. The maximum atomic E-state index is 12.2. The van der Waals surface area contributed by atoms with E-state index in [1.165, 1.54) is 0 Å². The number of carbonyl (C=O) groups excluding carboxylic acids is 1. The van der Waals surface area contributed by atoms with Gasteiger partial charge in [-0.2, -0.15) is 0 Å². The summed E-state index contributed by atoms with van der Waals surface area (Å²) in [5.74, 6) is 0.412. The Hall–Kier alpha value is -1.62. The molecular weight excluding hydrogens is 242 g/mol. The number of hydrogen-bond acceptors (Lipinski definition) is 4. The summed E-state index contributed by atoms with van der Waals surface area (Å²) in [6, 6.07) is 1.68. The lowest BCUT2D eigenvalue weighted by Gasteiger charge is -2.34. The first-order valence-corrected chi connectivity index (χ1v) is 6.61. The van der Waals surface area contributed by atoms with E-state index < -0.39 is 0 Å². The molecule has 1 aromatic heterocycles. The Morgan fingerprint density at radius 2 is 2.26 bits per heavy atom. The van der Waals surface area contributed by atoms with Crippen molar-refractivity contribution in [2.75, 3.05) is 26.7 Å². The number of methoxy groups -OCH3 is 1.